The fourth-order valence-corrected chi connectivity index (χ4v) is 3.51. The number of alkyl carbamates (subject to hydrolysis) is 1. The number of rotatable bonds is 12. The first-order valence-electron chi connectivity index (χ1n) is 9.25. The van der Waals surface area contributed by atoms with E-state index in [2.05, 4.69) is 15.7 Å². The van der Waals surface area contributed by atoms with Crippen LogP contribution in [0.5, 0.6) is 0 Å². The number of amides is 2. The Balaban J connectivity index is 2.51. The van der Waals surface area contributed by atoms with E-state index in [-0.39, 0.29) is 18.4 Å². The summed E-state index contributed by atoms with van der Waals surface area (Å²) < 4.78 is 17.4. The van der Waals surface area contributed by atoms with Crippen molar-refractivity contribution in [1.29, 1.82) is 0 Å². The Labute approximate surface area is 165 Å². The Morgan fingerprint density at radius 2 is 1.89 bits per heavy atom. The second-order valence-electron chi connectivity index (χ2n) is 6.84. The average molecular weight is 414 g/mol. The van der Waals surface area contributed by atoms with E-state index >= 15 is 0 Å². The molecule has 0 heterocycles. The van der Waals surface area contributed by atoms with Crippen LogP contribution in [0.2, 0.25) is 0 Å². The van der Waals surface area contributed by atoms with Gasteiger partial charge < -0.3 is 26.0 Å². The molecule has 0 bridgehead atoms. The topological polar surface area (TPSA) is 143 Å². The monoisotopic (exact) mass is 414 g/mol. The van der Waals surface area contributed by atoms with Crippen molar-refractivity contribution in [3.63, 3.8) is 0 Å². The van der Waals surface area contributed by atoms with E-state index in [4.69, 9.17) is 10.5 Å². The van der Waals surface area contributed by atoms with Gasteiger partial charge in [-0.3, -0.25) is 9.36 Å². The van der Waals surface area contributed by atoms with Crippen molar-refractivity contribution in [3.8, 4) is 0 Å². The third-order valence-corrected chi connectivity index (χ3v) is 5.01. The van der Waals surface area contributed by atoms with Crippen molar-refractivity contribution in [3.05, 3.63) is 35.9 Å². The molecule has 0 spiro atoms. The summed E-state index contributed by atoms with van der Waals surface area (Å²) in [5.74, 6) is -0.246. The highest BCUT2D eigenvalue weighted by Crippen LogP contribution is 2.35. The number of nitrogens with two attached hydrogens (primary N) is 1. The minimum atomic E-state index is -3.99. The normalized spacial score (nSPS) is 14.2. The summed E-state index contributed by atoms with van der Waals surface area (Å²) in [6.07, 6.45) is -0.373. The van der Waals surface area contributed by atoms with Gasteiger partial charge in [0.15, 0.2) is 0 Å². The zero-order valence-electron chi connectivity index (χ0n) is 16.4. The second kappa shape index (κ2) is 12.5. The maximum Gasteiger partial charge on any atom is 0.407 e. The smallest absolute Gasteiger partial charge is 0.407 e. The quantitative estimate of drug-likeness (QED) is 0.258. The summed E-state index contributed by atoms with van der Waals surface area (Å²) in [5.41, 5.74) is 6.20. The van der Waals surface area contributed by atoms with Gasteiger partial charge in [-0.2, -0.15) is 0 Å². The molecule has 0 aliphatic carbocycles. The molecule has 2 atom stereocenters. The molecule has 2 amide bonds. The van der Waals surface area contributed by atoms with Gasteiger partial charge in [-0.05, 0) is 30.9 Å². The molecule has 1 aromatic rings. The third kappa shape index (κ3) is 10.4. The fourth-order valence-electron chi connectivity index (χ4n) is 2.36. The van der Waals surface area contributed by atoms with Crippen LogP contribution < -0.4 is 21.5 Å². The van der Waals surface area contributed by atoms with Gasteiger partial charge in [-0.1, -0.05) is 44.2 Å². The van der Waals surface area contributed by atoms with Crippen LogP contribution in [0.25, 0.3) is 0 Å². The predicted molar refractivity (Wildman–Crippen MR) is 108 cm³/mol. The number of ether oxygens (including phenoxy) is 1. The van der Waals surface area contributed by atoms with Crippen molar-refractivity contribution in [1.82, 2.24) is 15.7 Å². The van der Waals surface area contributed by atoms with Crippen LogP contribution in [0.1, 0.15) is 32.3 Å². The molecule has 1 rings (SSSR count). The number of benzene rings is 1. The summed E-state index contributed by atoms with van der Waals surface area (Å²) in [6, 6.07) is 8.22. The van der Waals surface area contributed by atoms with E-state index in [0.717, 1.165) is 5.56 Å². The van der Waals surface area contributed by atoms with Crippen molar-refractivity contribution < 1.29 is 23.8 Å². The van der Waals surface area contributed by atoms with Crippen LogP contribution in [0.4, 0.5) is 4.79 Å². The van der Waals surface area contributed by atoms with Crippen molar-refractivity contribution in [2.45, 2.75) is 39.3 Å². The van der Waals surface area contributed by atoms with Crippen molar-refractivity contribution in [2.24, 2.45) is 11.7 Å². The molecule has 0 aliphatic heterocycles. The lowest BCUT2D eigenvalue weighted by molar-refractivity contribution is -0.123. The summed E-state index contributed by atoms with van der Waals surface area (Å²) in [4.78, 5) is 34.1. The van der Waals surface area contributed by atoms with Crippen LogP contribution in [-0.2, 0) is 20.7 Å². The molecule has 9 nitrogen and oxygen atoms in total. The first-order chi connectivity index (χ1) is 13.2. The second-order valence-corrected chi connectivity index (χ2v) is 8.82. The largest absolute Gasteiger partial charge is 0.445 e. The molecule has 1 aromatic carbocycles. The Morgan fingerprint density at radius 3 is 2.50 bits per heavy atom. The summed E-state index contributed by atoms with van der Waals surface area (Å²) in [6.45, 7) is 4.70. The SMILES string of the molecule is CC(C)C[C@H](NP(=O)(O)CNC(=O)OCc1ccccc1)C(=O)NCCCN. The van der Waals surface area contributed by atoms with Gasteiger partial charge in [0.1, 0.15) is 12.9 Å². The Hall–Kier alpha value is -1.93. The van der Waals surface area contributed by atoms with Crippen LogP contribution >= 0.6 is 7.52 Å². The van der Waals surface area contributed by atoms with Crippen LogP contribution in [0.3, 0.4) is 0 Å². The predicted octanol–water partition coefficient (Wildman–Crippen LogP) is 1.53. The summed E-state index contributed by atoms with van der Waals surface area (Å²) in [5, 5.41) is 7.43. The molecule has 28 heavy (non-hydrogen) atoms. The number of hydrogen-bond acceptors (Lipinski definition) is 5. The van der Waals surface area contributed by atoms with Gasteiger partial charge in [0.2, 0.25) is 5.91 Å². The molecule has 10 heteroatoms. The van der Waals surface area contributed by atoms with Crippen LogP contribution in [-0.4, -0.2) is 42.3 Å². The summed E-state index contributed by atoms with van der Waals surface area (Å²) in [7, 11) is -3.99. The lowest BCUT2D eigenvalue weighted by atomic mass is 10.0. The number of carbonyl (C=O) groups excluding carboxylic acids is 2. The lowest BCUT2D eigenvalue weighted by Crippen LogP contribution is -2.45. The van der Waals surface area contributed by atoms with Crippen LogP contribution in [0, 0.1) is 5.92 Å². The molecule has 0 fully saturated rings. The number of hydrogen-bond donors (Lipinski definition) is 5. The first-order valence-corrected chi connectivity index (χ1v) is 11.1. The van der Waals surface area contributed by atoms with Crippen molar-refractivity contribution >= 4 is 19.5 Å². The van der Waals surface area contributed by atoms with E-state index in [9.17, 15) is 19.0 Å². The van der Waals surface area contributed by atoms with Gasteiger partial charge in [0.05, 0.1) is 6.04 Å². The molecular weight excluding hydrogens is 383 g/mol. The molecule has 158 valence electrons. The molecule has 0 saturated heterocycles. The molecular formula is C18H31N4O5P. The maximum absolute atomic E-state index is 12.4. The van der Waals surface area contributed by atoms with Gasteiger partial charge >= 0.3 is 6.09 Å². The highest BCUT2D eigenvalue weighted by molar-refractivity contribution is 7.55. The Morgan fingerprint density at radius 1 is 1.21 bits per heavy atom. The van der Waals surface area contributed by atoms with E-state index in [0.29, 0.717) is 25.9 Å². The highest BCUT2D eigenvalue weighted by Gasteiger charge is 2.29. The molecule has 6 N–H and O–H groups in total. The molecule has 0 radical (unpaired) electrons. The maximum atomic E-state index is 12.4. The average Bonchev–Trinajstić information content (AvgIpc) is 2.64. The highest BCUT2D eigenvalue weighted by atomic mass is 31.2. The zero-order chi connectivity index (χ0) is 21.0. The standard InChI is InChI=1S/C18H31N4O5P/c1-14(2)11-16(17(23)20-10-6-9-19)22-28(25,26)13-21-18(24)27-12-15-7-4-3-5-8-15/h3-5,7-8,14,16H,6,9-13,19H2,1-2H3,(H,20,23)(H,21,24)(H2,22,25,26)/t16-/m0/s1. The van der Waals surface area contributed by atoms with E-state index < -0.39 is 25.9 Å². The van der Waals surface area contributed by atoms with Crippen molar-refractivity contribution in [2.75, 3.05) is 19.4 Å². The number of carbonyl (C=O) groups is 2. The van der Waals surface area contributed by atoms with Gasteiger partial charge in [-0.15, -0.1) is 0 Å². The van der Waals surface area contributed by atoms with Gasteiger partial charge in [0, 0.05) is 6.54 Å². The minimum absolute atomic E-state index is 0.0509. The fraction of sp³-hybridized carbons (Fsp3) is 0.556. The van der Waals surface area contributed by atoms with Gasteiger partial charge in [-0.25, -0.2) is 9.88 Å². The third-order valence-electron chi connectivity index (χ3n) is 3.71. The molecule has 1 unspecified atom stereocenters. The van der Waals surface area contributed by atoms with E-state index in [1.54, 1.807) is 12.1 Å². The van der Waals surface area contributed by atoms with E-state index in [1.807, 2.05) is 32.0 Å². The minimum Gasteiger partial charge on any atom is -0.445 e. The molecule has 0 saturated carbocycles. The van der Waals surface area contributed by atoms with E-state index in [1.165, 1.54) is 0 Å². The molecule has 0 aromatic heterocycles. The first kappa shape index (κ1) is 24.1. The van der Waals surface area contributed by atoms with Crippen LogP contribution in [0.15, 0.2) is 30.3 Å². The zero-order valence-corrected chi connectivity index (χ0v) is 17.3. The lowest BCUT2D eigenvalue weighted by Gasteiger charge is -2.23. The Bertz CT molecular complexity index is 657. The molecule has 0 aliphatic rings. The van der Waals surface area contributed by atoms with Gasteiger partial charge in [0.25, 0.3) is 7.52 Å². The summed E-state index contributed by atoms with van der Waals surface area (Å²) >= 11 is 0. The number of nitrogens with one attached hydrogen (secondary N) is 3. The Kier molecular flexibility index (Phi) is 10.8.